The van der Waals surface area contributed by atoms with E-state index in [0.29, 0.717) is 6.61 Å². The van der Waals surface area contributed by atoms with Crippen LogP contribution in [0, 0.1) is 0 Å². The Balaban J connectivity index is 1.66. The van der Waals surface area contributed by atoms with Gasteiger partial charge in [0.15, 0.2) is 0 Å². The van der Waals surface area contributed by atoms with Crippen LogP contribution in [0.15, 0.2) is 48.5 Å². The first-order valence-corrected chi connectivity index (χ1v) is 7.97. The average Bonchev–Trinajstić information content (AvgIpc) is 2.52. The van der Waals surface area contributed by atoms with E-state index in [0.717, 1.165) is 18.8 Å². The summed E-state index contributed by atoms with van der Waals surface area (Å²) in [4.78, 5) is 0. The highest BCUT2D eigenvalue weighted by molar-refractivity contribution is 5.36. The van der Waals surface area contributed by atoms with Crippen LogP contribution in [0.1, 0.15) is 50.0 Å². The molecule has 2 aromatic carbocycles. The third kappa shape index (κ3) is 3.33. The van der Waals surface area contributed by atoms with E-state index < -0.39 is 0 Å². The van der Waals surface area contributed by atoms with Crippen molar-refractivity contribution in [1.82, 2.24) is 0 Å². The van der Waals surface area contributed by atoms with Crippen LogP contribution >= 0.6 is 0 Å². The Hall–Kier alpha value is -1.80. The highest BCUT2D eigenvalue weighted by atomic mass is 16.5. The summed E-state index contributed by atoms with van der Waals surface area (Å²) in [5, 5.41) is 0. The van der Waals surface area contributed by atoms with Gasteiger partial charge in [-0.2, -0.15) is 0 Å². The minimum absolute atomic E-state index is 0.132. The molecule has 0 saturated carbocycles. The average molecular weight is 296 g/mol. The fourth-order valence-electron chi connectivity index (χ4n) is 2.78. The molecule has 0 bridgehead atoms. The monoisotopic (exact) mass is 296 g/mol. The van der Waals surface area contributed by atoms with Gasteiger partial charge < -0.3 is 9.47 Å². The molecule has 2 nitrogen and oxygen atoms in total. The Labute approximate surface area is 133 Å². The van der Waals surface area contributed by atoms with E-state index in [-0.39, 0.29) is 11.5 Å². The molecule has 22 heavy (non-hydrogen) atoms. The van der Waals surface area contributed by atoms with Gasteiger partial charge in [0, 0.05) is 12.0 Å². The molecule has 116 valence electrons. The SMILES string of the molecule is CC(C)(C)c1ccc(CO[C@@H]2CCOc3ccccc32)cc1. The molecule has 0 spiro atoms. The van der Waals surface area contributed by atoms with E-state index in [9.17, 15) is 0 Å². The summed E-state index contributed by atoms with van der Waals surface area (Å²) in [7, 11) is 0. The van der Waals surface area contributed by atoms with Gasteiger partial charge in [-0.25, -0.2) is 0 Å². The van der Waals surface area contributed by atoms with E-state index >= 15 is 0 Å². The molecule has 3 rings (SSSR count). The van der Waals surface area contributed by atoms with Gasteiger partial charge in [-0.15, -0.1) is 0 Å². The molecule has 1 aliphatic rings. The number of ether oxygens (including phenoxy) is 2. The lowest BCUT2D eigenvalue weighted by atomic mass is 9.87. The molecule has 0 radical (unpaired) electrons. The van der Waals surface area contributed by atoms with Gasteiger partial charge in [0.1, 0.15) is 5.75 Å². The van der Waals surface area contributed by atoms with Gasteiger partial charge in [0.2, 0.25) is 0 Å². The fourth-order valence-corrected chi connectivity index (χ4v) is 2.78. The minimum Gasteiger partial charge on any atom is -0.493 e. The number of hydrogen-bond donors (Lipinski definition) is 0. The van der Waals surface area contributed by atoms with E-state index in [4.69, 9.17) is 9.47 Å². The molecular formula is C20H24O2. The van der Waals surface area contributed by atoms with E-state index in [1.165, 1.54) is 16.7 Å². The second-order valence-corrected chi connectivity index (χ2v) is 6.92. The van der Waals surface area contributed by atoms with Crippen LogP contribution < -0.4 is 4.74 Å². The number of para-hydroxylation sites is 1. The Morgan fingerprint density at radius 2 is 1.77 bits per heavy atom. The first-order valence-electron chi connectivity index (χ1n) is 7.97. The van der Waals surface area contributed by atoms with Crippen LogP contribution in [0.5, 0.6) is 5.75 Å². The second-order valence-electron chi connectivity index (χ2n) is 6.92. The van der Waals surface area contributed by atoms with Crippen molar-refractivity contribution in [3.05, 3.63) is 65.2 Å². The number of rotatable bonds is 3. The third-order valence-corrected chi connectivity index (χ3v) is 4.17. The summed E-state index contributed by atoms with van der Waals surface area (Å²) in [5.74, 6) is 0.960. The van der Waals surface area contributed by atoms with Gasteiger partial charge in [0.25, 0.3) is 0 Å². The standard InChI is InChI=1S/C20H24O2/c1-20(2,3)16-10-8-15(9-11-16)14-22-19-12-13-21-18-7-5-4-6-17(18)19/h4-11,19H,12-14H2,1-3H3/t19-/m1/s1. The summed E-state index contributed by atoms with van der Waals surface area (Å²) in [6, 6.07) is 16.9. The lowest BCUT2D eigenvalue weighted by Crippen LogP contribution is -2.16. The second kappa shape index (κ2) is 6.13. The maximum absolute atomic E-state index is 6.14. The van der Waals surface area contributed by atoms with Gasteiger partial charge in [-0.05, 0) is 22.6 Å². The Morgan fingerprint density at radius 3 is 2.50 bits per heavy atom. The highest BCUT2D eigenvalue weighted by Crippen LogP contribution is 2.34. The lowest BCUT2D eigenvalue weighted by Gasteiger charge is -2.26. The quantitative estimate of drug-likeness (QED) is 0.791. The van der Waals surface area contributed by atoms with Gasteiger partial charge in [0.05, 0.1) is 19.3 Å². The molecule has 2 heteroatoms. The van der Waals surface area contributed by atoms with Crippen molar-refractivity contribution >= 4 is 0 Å². The summed E-state index contributed by atoms with van der Waals surface area (Å²) >= 11 is 0. The summed E-state index contributed by atoms with van der Waals surface area (Å²) < 4.78 is 11.8. The molecule has 0 saturated heterocycles. The van der Waals surface area contributed by atoms with Crippen molar-refractivity contribution in [2.24, 2.45) is 0 Å². The molecule has 1 aliphatic heterocycles. The normalized spacial score (nSPS) is 17.7. The summed E-state index contributed by atoms with van der Waals surface area (Å²) in [6.07, 6.45) is 1.05. The van der Waals surface area contributed by atoms with Crippen molar-refractivity contribution < 1.29 is 9.47 Å². The molecule has 1 heterocycles. The van der Waals surface area contributed by atoms with Gasteiger partial charge >= 0.3 is 0 Å². The summed E-state index contributed by atoms with van der Waals surface area (Å²) in [6.45, 7) is 8.07. The van der Waals surface area contributed by atoms with Crippen LogP contribution in [-0.2, 0) is 16.8 Å². The molecule has 1 atom stereocenters. The smallest absolute Gasteiger partial charge is 0.125 e. The van der Waals surface area contributed by atoms with Crippen molar-refractivity contribution in [2.45, 2.75) is 45.3 Å². The first kappa shape index (κ1) is 15.1. The predicted octanol–water partition coefficient (Wildman–Crippen LogP) is 5.02. The van der Waals surface area contributed by atoms with Crippen LogP contribution in [0.3, 0.4) is 0 Å². The third-order valence-electron chi connectivity index (χ3n) is 4.17. The molecule has 0 amide bonds. The molecule has 0 aliphatic carbocycles. The Morgan fingerprint density at radius 1 is 1.05 bits per heavy atom. The van der Waals surface area contributed by atoms with Crippen LogP contribution in [0.4, 0.5) is 0 Å². The maximum atomic E-state index is 6.14. The molecule has 0 aromatic heterocycles. The number of hydrogen-bond acceptors (Lipinski definition) is 2. The van der Waals surface area contributed by atoms with Crippen molar-refractivity contribution in [2.75, 3.05) is 6.61 Å². The lowest BCUT2D eigenvalue weighted by molar-refractivity contribution is 0.0127. The first-order chi connectivity index (χ1) is 10.5. The highest BCUT2D eigenvalue weighted by Gasteiger charge is 2.21. The molecule has 0 unspecified atom stereocenters. The molecule has 0 N–H and O–H groups in total. The zero-order valence-corrected chi connectivity index (χ0v) is 13.6. The minimum atomic E-state index is 0.132. The van der Waals surface area contributed by atoms with Gasteiger partial charge in [-0.3, -0.25) is 0 Å². The molecule has 2 aromatic rings. The maximum Gasteiger partial charge on any atom is 0.125 e. The largest absolute Gasteiger partial charge is 0.493 e. The molecule has 0 fully saturated rings. The van der Waals surface area contributed by atoms with Crippen LogP contribution in [0.2, 0.25) is 0 Å². The number of benzene rings is 2. The van der Waals surface area contributed by atoms with Crippen molar-refractivity contribution in [3.8, 4) is 5.75 Å². The van der Waals surface area contributed by atoms with E-state index in [1.54, 1.807) is 0 Å². The van der Waals surface area contributed by atoms with E-state index in [1.807, 2.05) is 18.2 Å². The fraction of sp³-hybridized carbons (Fsp3) is 0.400. The zero-order valence-electron chi connectivity index (χ0n) is 13.6. The topological polar surface area (TPSA) is 18.5 Å². The number of fused-ring (bicyclic) bond motifs is 1. The zero-order chi connectivity index (χ0) is 15.6. The molecular weight excluding hydrogens is 272 g/mol. The Kier molecular flexibility index (Phi) is 4.21. The Bertz CT molecular complexity index is 623. The van der Waals surface area contributed by atoms with Crippen LogP contribution in [-0.4, -0.2) is 6.61 Å². The van der Waals surface area contributed by atoms with Gasteiger partial charge in [-0.1, -0.05) is 63.2 Å². The van der Waals surface area contributed by atoms with E-state index in [2.05, 4.69) is 51.1 Å². The predicted molar refractivity (Wildman–Crippen MR) is 89.2 cm³/mol. The van der Waals surface area contributed by atoms with Crippen molar-refractivity contribution in [1.29, 1.82) is 0 Å². The van der Waals surface area contributed by atoms with Crippen LogP contribution in [0.25, 0.3) is 0 Å². The summed E-state index contributed by atoms with van der Waals surface area (Å²) in [5.41, 5.74) is 3.93. The van der Waals surface area contributed by atoms with Crippen molar-refractivity contribution in [3.63, 3.8) is 0 Å².